The molecule has 1 saturated heterocycles. The van der Waals surface area contributed by atoms with E-state index >= 15 is 0 Å². The van der Waals surface area contributed by atoms with Crippen LogP contribution < -0.4 is 5.43 Å². The van der Waals surface area contributed by atoms with Gasteiger partial charge < -0.3 is 9.42 Å². The maximum Gasteiger partial charge on any atom is 0.278 e. The van der Waals surface area contributed by atoms with Gasteiger partial charge in [-0.1, -0.05) is 35.5 Å². The molecule has 3 heterocycles. The highest BCUT2D eigenvalue weighted by molar-refractivity contribution is 5.92. The van der Waals surface area contributed by atoms with Gasteiger partial charge in [0.25, 0.3) is 5.91 Å². The average Bonchev–Trinajstić information content (AvgIpc) is 3.35. The molecule has 1 aliphatic heterocycles. The summed E-state index contributed by atoms with van der Waals surface area (Å²) >= 11 is 0. The molecule has 9 heteroatoms. The molecule has 0 N–H and O–H groups in total. The minimum Gasteiger partial charge on any atom is -0.339 e. The Morgan fingerprint density at radius 2 is 1.94 bits per heavy atom. The molecule has 2 aromatic heterocycles. The first kappa shape index (κ1) is 21.7. The molecule has 0 bridgehead atoms. The third-order valence-corrected chi connectivity index (χ3v) is 5.89. The van der Waals surface area contributed by atoms with Crippen molar-refractivity contribution in [1.82, 2.24) is 24.8 Å². The van der Waals surface area contributed by atoms with Crippen LogP contribution in [0.2, 0.25) is 0 Å². The summed E-state index contributed by atoms with van der Waals surface area (Å²) < 4.78 is 20.6. The summed E-state index contributed by atoms with van der Waals surface area (Å²) in [6.45, 7) is 2.60. The third-order valence-electron chi connectivity index (χ3n) is 5.89. The Labute approximate surface area is 194 Å². The van der Waals surface area contributed by atoms with E-state index in [0.29, 0.717) is 42.5 Å². The highest BCUT2D eigenvalue weighted by Gasteiger charge is 2.31. The molecular formula is C25H22FN5O3. The maximum atomic E-state index is 13.5. The van der Waals surface area contributed by atoms with Crippen LogP contribution in [0.25, 0.3) is 17.1 Å². The van der Waals surface area contributed by atoms with Crippen molar-refractivity contribution >= 4 is 5.91 Å². The van der Waals surface area contributed by atoms with Crippen LogP contribution in [0.15, 0.2) is 70.0 Å². The summed E-state index contributed by atoms with van der Waals surface area (Å²) in [6, 6.07) is 16.8. The summed E-state index contributed by atoms with van der Waals surface area (Å²) in [6.07, 6.45) is 1.47. The molecule has 0 aliphatic carbocycles. The Balaban J connectivity index is 1.38. The Morgan fingerprint density at radius 1 is 1.12 bits per heavy atom. The van der Waals surface area contributed by atoms with Gasteiger partial charge in [0.05, 0.1) is 11.6 Å². The number of rotatable bonds is 4. The number of carbonyl (C=O) groups excluding carboxylic acids is 1. The topological polar surface area (TPSA) is 94.1 Å². The minimum atomic E-state index is -0.427. The summed E-state index contributed by atoms with van der Waals surface area (Å²) in [7, 11) is 0. The zero-order valence-electron chi connectivity index (χ0n) is 18.5. The molecule has 5 rings (SSSR count). The van der Waals surface area contributed by atoms with Crippen molar-refractivity contribution in [3.8, 4) is 17.1 Å². The Kier molecular flexibility index (Phi) is 5.75. The van der Waals surface area contributed by atoms with Gasteiger partial charge in [-0.2, -0.15) is 10.1 Å². The van der Waals surface area contributed by atoms with Gasteiger partial charge in [0.15, 0.2) is 5.69 Å². The first-order chi connectivity index (χ1) is 16.5. The number of aryl methyl sites for hydroxylation is 1. The number of hydrogen-bond acceptors (Lipinski definition) is 6. The standard InChI is InChI=1S/C25H22FN5O3/c1-16-13-21(32)22(28-31(16)20-10-3-2-4-11-20)25(33)30-12-6-8-18(15-30)24-27-23(29-34-24)17-7-5-9-19(26)14-17/h2-5,7,9-11,13-14,18H,6,8,12,15H2,1H3. The SMILES string of the molecule is Cc1cc(=O)c(C(=O)N2CCCC(c3nc(-c4cccc(F)c4)no3)C2)nn1-c1ccccc1. The summed E-state index contributed by atoms with van der Waals surface area (Å²) in [4.78, 5) is 32.0. The van der Waals surface area contributed by atoms with E-state index in [1.807, 2.05) is 30.3 Å². The Morgan fingerprint density at radius 3 is 2.74 bits per heavy atom. The second-order valence-electron chi connectivity index (χ2n) is 8.30. The molecule has 1 atom stereocenters. The number of para-hydroxylation sites is 1. The normalized spacial score (nSPS) is 15.9. The first-order valence-electron chi connectivity index (χ1n) is 11.0. The van der Waals surface area contributed by atoms with Crippen LogP contribution in [0.5, 0.6) is 0 Å². The quantitative estimate of drug-likeness (QED) is 0.461. The highest BCUT2D eigenvalue weighted by Crippen LogP contribution is 2.28. The second kappa shape index (κ2) is 9.01. The fourth-order valence-electron chi connectivity index (χ4n) is 4.18. The van der Waals surface area contributed by atoms with Gasteiger partial charge in [-0.3, -0.25) is 9.59 Å². The maximum absolute atomic E-state index is 13.5. The van der Waals surface area contributed by atoms with Gasteiger partial charge in [0, 0.05) is 30.4 Å². The molecule has 0 spiro atoms. The van der Waals surface area contributed by atoms with Gasteiger partial charge in [-0.15, -0.1) is 0 Å². The van der Waals surface area contributed by atoms with Gasteiger partial charge >= 0.3 is 0 Å². The average molecular weight is 459 g/mol. The largest absolute Gasteiger partial charge is 0.339 e. The lowest BCUT2D eigenvalue weighted by molar-refractivity contribution is 0.0686. The van der Waals surface area contributed by atoms with Crippen LogP contribution >= 0.6 is 0 Å². The molecule has 8 nitrogen and oxygen atoms in total. The lowest BCUT2D eigenvalue weighted by Gasteiger charge is -2.30. The lowest BCUT2D eigenvalue weighted by Crippen LogP contribution is -2.42. The van der Waals surface area contributed by atoms with E-state index < -0.39 is 11.3 Å². The summed E-state index contributed by atoms with van der Waals surface area (Å²) in [5, 5.41) is 8.37. The van der Waals surface area contributed by atoms with E-state index in [1.54, 1.807) is 28.6 Å². The predicted molar refractivity (Wildman–Crippen MR) is 122 cm³/mol. The van der Waals surface area contributed by atoms with E-state index in [2.05, 4.69) is 15.2 Å². The number of halogens is 1. The molecule has 0 saturated carbocycles. The number of nitrogens with zero attached hydrogens (tertiary/aromatic N) is 5. The molecule has 172 valence electrons. The molecule has 4 aromatic rings. The van der Waals surface area contributed by atoms with Crippen LogP contribution in [0.3, 0.4) is 0 Å². The lowest BCUT2D eigenvalue weighted by atomic mass is 9.97. The third kappa shape index (κ3) is 4.24. The molecular weight excluding hydrogens is 437 g/mol. The van der Waals surface area contributed by atoms with Crippen molar-refractivity contribution < 1.29 is 13.7 Å². The predicted octanol–water partition coefficient (Wildman–Crippen LogP) is 3.75. The van der Waals surface area contributed by atoms with E-state index in [1.165, 1.54) is 18.2 Å². The number of aromatic nitrogens is 4. The van der Waals surface area contributed by atoms with E-state index in [9.17, 15) is 14.0 Å². The van der Waals surface area contributed by atoms with E-state index in [4.69, 9.17) is 4.52 Å². The Hall–Kier alpha value is -4.14. The van der Waals surface area contributed by atoms with Crippen molar-refractivity contribution in [1.29, 1.82) is 0 Å². The van der Waals surface area contributed by atoms with Crippen LogP contribution in [-0.2, 0) is 0 Å². The van der Waals surface area contributed by atoms with Crippen LogP contribution in [-0.4, -0.2) is 43.8 Å². The molecule has 1 aliphatic rings. The number of amides is 1. The molecule has 2 aromatic carbocycles. The van der Waals surface area contributed by atoms with Gasteiger partial charge in [-0.25, -0.2) is 9.07 Å². The zero-order valence-corrected chi connectivity index (χ0v) is 18.5. The molecule has 1 fully saturated rings. The van der Waals surface area contributed by atoms with E-state index in [-0.39, 0.29) is 17.4 Å². The number of piperidine rings is 1. The van der Waals surface area contributed by atoms with Crippen molar-refractivity contribution in [2.24, 2.45) is 0 Å². The van der Waals surface area contributed by atoms with Gasteiger partial charge in [0.2, 0.25) is 17.1 Å². The Bertz CT molecular complexity index is 1400. The molecule has 0 radical (unpaired) electrons. The first-order valence-corrected chi connectivity index (χ1v) is 11.0. The molecule has 1 unspecified atom stereocenters. The fraction of sp³-hybridized carbons (Fsp3) is 0.240. The van der Waals surface area contributed by atoms with E-state index in [0.717, 1.165) is 12.1 Å². The van der Waals surface area contributed by atoms with Crippen LogP contribution in [0, 0.1) is 12.7 Å². The molecule has 34 heavy (non-hydrogen) atoms. The number of likely N-dealkylation sites (tertiary alicyclic amines) is 1. The van der Waals surface area contributed by atoms with Crippen LogP contribution in [0.1, 0.15) is 40.8 Å². The number of hydrogen-bond donors (Lipinski definition) is 0. The van der Waals surface area contributed by atoms with Crippen molar-refractivity contribution in [2.45, 2.75) is 25.7 Å². The van der Waals surface area contributed by atoms with Gasteiger partial charge in [0.1, 0.15) is 5.82 Å². The smallest absolute Gasteiger partial charge is 0.278 e. The number of carbonyl (C=O) groups is 1. The number of benzene rings is 2. The summed E-state index contributed by atoms with van der Waals surface area (Å²) in [5.41, 5.74) is 1.38. The van der Waals surface area contributed by atoms with Crippen molar-refractivity contribution in [3.05, 3.63) is 94.0 Å². The van der Waals surface area contributed by atoms with Crippen molar-refractivity contribution in [3.63, 3.8) is 0 Å². The fourth-order valence-corrected chi connectivity index (χ4v) is 4.18. The zero-order chi connectivity index (χ0) is 23.7. The highest BCUT2D eigenvalue weighted by atomic mass is 19.1. The monoisotopic (exact) mass is 459 g/mol. The minimum absolute atomic E-state index is 0.124. The second-order valence-corrected chi connectivity index (χ2v) is 8.30. The van der Waals surface area contributed by atoms with Crippen LogP contribution in [0.4, 0.5) is 4.39 Å². The van der Waals surface area contributed by atoms with Gasteiger partial charge in [-0.05, 0) is 44.0 Å². The van der Waals surface area contributed by atoms with Crippen molar-refractivity contribution in [2.75, 3.05) is 13.1 Å². The summed E-state index contributed by atoms with van der Waals surface area (Å²) in [5.74, 6) is -0.317. The molecule has 1 amide bonds.